The molecule has 0 atom stereocenters. The predicted molar refractivity (Wildman–Crippen MR) is 131 cm³/mol. The molecule has 3 aromatic rings. The van der Waals surface area contributed by atoms with Gasteiger partial charge in [0.2, 0.25) is 0 Å². The van der Waals surface area contributed by atoms with Crippen molar-refractivity contribution in [3.05, 3.63) is 16.8 Å². The number of rotatable bonds is 9. The van der Waals surface area contributed by atoms with Crippen LogP contribution in [0.1, 0.15) is 50.9 Å². The van der Waals surface area contributed by atoms with Gasteiger partial charge in [-0.2, -0.15) is 0 Å². The monoisotopic (exact) mass is 443 g/mol. The largest absolute Gasteiger partial charge is 0.367 e. The number of likely N-dealkylation sites (N-methyl/N-ethyl adjacent to an activating group) is 1. The Hall–Kier alpha value is -1.44. The van der Waals surface area contributed by atoms with E-state index in [-0.39, 0.29) is 0 Å². The minimum absolute atomic E-state index is 0.620. The van der Waals surface area contributed by atoms with Crippen LogP contribution in [0.5, 0.6) is 0 Å². The van der Waals surface area contributed by atoms with E-state index in [1.165, 1.54) is 28.6 Å². The molecule has 4 rings (SSSR count). The molecule has 0 aromatic carbocycles. The number of hydrogen-bond acceptors (Lipinski definition) is 7. The van der Waals surface area contributed by atoms with Gasteiger partial charge in [0.05, 0.1) is 10.2 Å². The van der Waals surface area contributed by atoms with Gasteiger partial charge in [0.25, 0.3) is 0 Å². The average molecular weight is 444 g/mol. The van der Waals surface area contributed by atoms with E-state index in [1.54, 1.807) is 23.1 Å². The molecule has 0 aliphatic heterocycles. The molecule has 7 heteroatoms. The van der Waals surface area contributed by atoms with E-state index in [2.05, 4.69) is 44.2 Å². The Bertz CT molecular complexity index is 1040. The Morgan fingerprint density at radius 1 is 1.10 bits per heavy atom. The molecule has 0 saturated heterocycles. The molecule has 1 N–H and O–H groups in total. The second kappa shape index (κ2) is 9.37. The highest BCUT2D eigenvalue weighted by atomic mass is 32.2. The van der Waals surface area contributed by atoms with Crippen LogP contribution in [0, 0.1) is 5.92 Å². The molecule has 0 amide bonds. The van der Waals surface area contributed by atoms with Crippen LogP contribution >= 0.6 is 23.1 Å². The summed E-state index contributed by atoms with van der Waals surface area (Å²) in [6.45, 7) is 13.1. The molecular formula is C23H33N5S2. The van der Waals surface area contributed by atoms with Gasteiger partial charge in [-0.15, -0.1) is 11.3 Å². The number of pyridine rings is 1. The molecule has 30 heavy (non-hydrogen) atoms. The molecule has 3 heterocycles. The fourth-order valence-electron chi connectivity index (χ4n) is 4.46. The number of anilines is 1. The summed E-state index contributed by atoms with van der Waals surface area (Å²) in [4.78, 5) is 18.5. The Kier molecular flexibility index (Phi) is 6.80. The first-order valence-electron chi connectivity index (χ1n) is 11.2. The van der Waals surface area contributed by atoms with Crippen molar-refractivity contribution in [3.63, 3.8) is 0 Å². The summed E-state index contributed by atoms with van der Waals surface area (Å²) in [6.07, 6.45) is 6.65. The molecule has 0 unspecified atom stereocenters. The number of thiophene rings is 1. The van der Waals surface area contributed by atoms with Crippen LogP contribution in [0.4, 0.5) is 5.82 Å². The Morgan fingerprint density at radius 3 is 2.57 bits per heavy atom. The van der Waals surface area contributed by atoms with Crippen LogP contribution in [0.3, 0.4) is 0 Å². The predicted octanol–water partition coefficient (Wildman–Crippen LogP) is 5.40. The zero-order valence-electron chi connectivity index (χ0n) is 18.8. The Balaban J connectivity index is 1.81. The van der Waals surface area contributed by atoms with Crippen molar-refractivity contribution in [1.29, 1.82) is 0 Å². The summed E-state index contributed by atoms with van der Waals surface area (Å²) < 4.78 is 1.16. The average Bonchev–Trinajstić information content (AvgIpc) is 3.35. The number of fused-ring (bicyclic) bond motifs is 5. The number of aryl methyl sites for hydroxylation is 1. The zero-order valence-corrected chi connectivity index (χ0v) is 20.5. The van der Waals surface area contributed by atoms with E-state index in [1.807, 2.05) is 0 Å². The summed E-state index contributed by atoms with van der Waals surface area (Å²) in [5.74, 6) is 1.59. The molecule has 0 radical (unpaired) electrons. The summed E-state index contributed by atoms with van der Waals surface area (Å²) in [7, 11) is 0. The molecule has 0 saturated carbocycles. The lowest BCUT2D eigenvalue weighted by Crippen LogP contribution is -2.28. The summed E-state index contributed by atoms with van der Waals surface area (Å²) >= 11 is 3.38. The minimum Gasteiger partial charge on any atom is -0.367 e. The van der Waals surface area contributed by atoms with Crippen molar-refractivity contribution < 1.29 is 0 Å². The molecule has 1 aliphatic rings. The van der Waals surface area contributed by atoms with Gasteiger partial charge in [-0.05, 0) is 62.1 Å². The third kappa shape index (κ3) is 4.16. The SMILES string of the molecule is CCN(CC)CCNc1nc(SC)nc2c1sc1nc(CC(C)C)c3c(c12)CCC3. The Morgan fingerprint density at radius 2 is 1.87 bits per heavy atom. The molecular weight excluding hydrogens is 410 g/mol. The normalized spacial score (nSPS) is 13.8. The number of nitrogens with one attached hydrogen (secondary N) is 1. The zero-order chi connectivity index (χ0) is 21.3. The van der Waals surface area contributed by atoms with Crippen LogP contribution in [0.15, 0.2) is 5.16 Å². The first kappa shape index (κ1) is 21.8. The summed E-state index contributed by atoms with van der Waals surface area (Å²) in [6, 6.07) is 0. The van der Waals surface area contributed by atoms with E-state index in [9.17, 15) is 0 Å². The highest BCUT2D eigenvalue weighted by Gasteiger charge is 2.25. The fourth-order valence-corrected chi connectivity index (χ4v) is 5.96. The van der Waals surface area contributed by atoms with E-state index >= 15 is 0 Å². The smallest absolute Gasteiger partial charge is 0.189 e. The van der Waals surface area contributed by atoms with Gasteiger partial charge in [-0.1, -0.05) is 39.5 Å². The van der Waals surface area contributed by atoms with Gasteiger partial charge in [-0.3, -0.25) is 0 Å². The molecule has 5 nitrogen and oxygen atoms in total. The van der Waals surface area contributed by atoms with Crippen molar-refractivity contribution in [2.45, 2.75) is 58.5 Å². The number of thioether (sulfide) groups is 1. The maximum atomic E-state index is 5.16. The molecule has 0 bridgehead atoms. The van der Waals surface area contributed by atoms with Crippen LogP contribution < -0.4 is 5.32 Å². The summed E-state index contributed by atoms with van der Waals surface area (Å²) in [5, 5.41) is 5.74. The van der Waals surface area contributed by atoms with Crippen molar-refractivity contribution in [2.75, 3.05) is 37.8 Å². The molecule has 1 aliphatic carbocycles. The minimum atomic E-state index is 0.620. The van der Waals surface area contributed by atoms with Crippen molar-refractivity contribution in [3.8, 4) is 0 Å². The number of hydrogen-bond donors (Lipinski definition) is 1. The Labute approximate surface area is 188 Å². The van der Waals surface area contributed by atoms with Crippen molar-refractivity contribution in [2.24, 2.45) is 5.92 Å². The lowest BCUT2D eigenvalue weighted by molar-refractivity contribution is 0.316. The van der Waals surface area contributed by atoms with Gasteiger partial charge >= 0.3 is 0 Å². The standard InChI is InChI=1S/C23H33N5S2/c1-6-28(7-2)12-11-24-21-20-19(26-23(27-21)29-5)18-16-10-8-9-15(16)17(13-14(3)4)25-22(18)30-20/h14H,6-13H2,1-5H3,(H,24,26,27). The highest BCUT2D eigenvalue weighted by Crippen LogP contribution is 2.42. The topological polar surface area (TPSA) is 53.9 Å². The third-order valence-corrected chi connectivity index (χ3v) is 7.63. The van der Waals surface area contributed by atoms with Crippen LogP contribution in [-0.4, -0.2) is 52.3 Å². The van der Waals surface area contributed by atoms with Crippen LogP contribution in [-0.2, 0) is 19.3 Å². The molecule has 0 spiro atoms. The van der Waals surface area contributed by atoms with Crippen molar-refractivity contribution >= 4 is 49.3 Å². The lowest BCUT2D eigenvalue weighted by Gasteiger charge is -2.18. The van der Waals surface area contributed by atoms with Gasteiger partial charge in [-0.25, -0.2) is 15.0 Å². The fraction of sp³-hybridized carbons (Fsp3) is 0.609. The number of nitrogens with zero attached hydrogens (tertiary/aromatic N) is 4. The van der Waals surface area contributed by atoms with E-state index in [0.717, 1.165) is 71.5 Å². The van der Waals surface area contributed by atoms with E-state index in [0.29, 0.717) is 5.92 Å². The highest BCUT2D eigenvalue weighted by molar-refractivity contribution is 7.98. The number of aromatic nitrogens is 3. The second-order valence-corrected chi connectivity index (χ2v) is 10.2. The summed E-state index contributed by atoms with van der Waals surface area (Å²) in [5.41, 5.74) is 5.41. The van der Waals surface area contributed by atoms with Gasteiger partial charge in [0, 0.05) is 24.2 Å². The third-order valence-electron chi connectivity index (χ3n) is 6.00. The van der Waals surface area contributed by atoms with Crippen LogP contribution in [0.2, 0.25) is 0 Å². The lowest BCUT2D eigenvalue weighted by atomic mass is 9.99. The van der Waals surface area contributed by atoms with Gasteiger partial charge in [0.15, 0.2) is 5.16 Å². The van der Waals surface area contributed by atoms with Gasteiger partial charge < -0.3 is 10.2 Å². The maximum absolute atomic E-state index is 5.16. The molecule has 0 fully saturated rings. The molecule has 3 aromatic heterocycles. The van der Waals surface area contributed by atoms with Crippen molar-refractivity contribution in [1.82, 2.24) is 19.9 Å². The van der Waals surface area contributed by atoms with E-state index in [4.69, 9.17) is 15.0 Å². The second-order valence-electron chi connectivity index (χ2n) is 8.44. The van der Waals surface area contributed by atoms with Crippen LogP contribution in [0.25, 0.3) is 20.4 Å². The first-order valence-corrected chi connectivity index (χ1v) is 13.2. The van der Waals surface area contributed by atoms with E-state index < -0.39 is 0 Å². The van der Waals surface area contributed by atoms with Gasteiger partial charge in [0.1, 0.15) is 10.6 Å². The quantitative estimate of drug-likeness (QED) is 0.353. The first-order chi connectivity index (χ1) is 14.5. The maximum Gasteiger partial charge on any atom is 0.189 e. The molecule has 162 valence electrons.